The second kappa shape index (κ2) is 11.0. The topological polar surface area (TPSA) is 118 Å². The van der Waals surface area contributed by atoms with E-state index in [9.17, 15) is 4.79 Å². The van der Waals surface area contributed by atoms with Crippen molar-refractivity contribution in [2.75, 3.05) is 13.2 Å². The minimum absolute atomic E-state index is 0. The van der Waals surface area contributed by atoms with Crippen molar-refractivity contribution in [1.29, 1.82) is 0 Å². The van der Waals surface area contributed by atoms with Crippen LogP contribution in [0.5, 0.6) is 0 Å². The molecule has 0 aromatic rings. The first-order chi connectivity index (χ1) is 5.54. The standard InChI is InChI=1S/C6H12O6.2Na/c7-1-3(9)5(11)6(12)4(10)2-8;;/h3,5-9,11-12H,1-2H2;;/t3-,5-,6-;;/m1../s1. The van der Waals surface area contributed by atoms with Crippen LogP contribution in [0.25, 0.3) is 0 Å². The molecule has 0 amide bonds. The summed E-state index contributed by atoms with van der Waals surface area (Å²) in [6.07, 6.45) is -5.22. The van der Waals surface area contributed by atoms with Gasteiger partial charge < -0.3 is 25.5 Å². The first-order valence-corrected chi connectivity index (χ1v) is 3.33. The molecule has 2 radical (unpaired) electrons. The third-order valence-corrected chi connectivity index (χ3v) is 1.39. The van der Waals surface area contributed by atoms with Crippen LogP contribution in [0.4, 0.5) is 0 Å². The zero-order chi connectivity index (χ0) is 9.72. The summed E-state index contributed by atoms with van der Waals surface area (Å²) in [5, 5.41) is 43.1. The van der Waals surface area contributed by atoms with Gasteiger partial charge in [-0.3, -0.25) is 4.79 Å². The van der Waals surface area contributed by atoms with Crippen molar-refractivity contribution in [2.45, 2.75) is 18.3 Å². The van der Waals surface area contributed by atoms with Crippen LogP contribution in [0.2, 0.25) is 0 Å². The molecule has 14 heavy (non-hydrogen) atoms. The van der Waals surface area contributed by atoms with Crippen LogP contribution in [0.1, 0.15) is 0 Å². The van der Waals surface area contributed by atoms with Gasteiger partial charge in [0.05, 0.1) is 6.61 Å². The van der Waals surface area contributed by atoms with E-state index in [1.807, 2.05) is 0 Å². The normalized spacial score (nSPS) is 15.8. The number of Topliss-reactive ketones (excluding diaryl/α,β-unsaturated/α-hetero) is 1. The number of hydrogen-bond donors (Lipinski definition) is 5. The smallest absolute Gasteiger partial charge is 0.189 e. The Bertz CT molecular complexity index is 155. The van der Waals surface area contributed by atoms with Gasteiger partial charge in [0.2, 0.25) is 0 Å². The van der Waals surface area contributed by atoms with E-state index in [4.69, 9.17) is 25.5 Å². The van der Waals surface area contributed by atoms with Crippen LogP contribution in [0.3, 0.4) is 0 Å². The molecule has 0 rings (SSSR count). The van der Waals surface area contributed by atoms with E-state index in [0.29, 0.717) is 0 Å². The Labute approximate surface area is 126 Å². The Morgan fingerprint density at radius 1 is 1.07 bits per heavy atom. The Morgan fingerprint density at radius 3 is 1.79 bits per heavy atom. The monoisotopic (exact) mass is 226 g/mol. The Kier molecular flexibility index (Phi) is 16.3. The van der Waals surface area contributed by atoms with Crippen LogP contribution in [-0.4, -0.2) is 122 Å². The third-order valence-electron chi connectivity index (χ3n) is 1.39. The summed E-state index contributed by atoms with van der Waals surface area (Å²) >= 11 is 0. The van der Waals surface area contributed by atoms with Gasteiger partial charge in [0.1, 0.15) is 24.9 Å². The van der Waals surface area contributed by atoms with Crippen LogP contribution < -0.4 is 0 Å². The number of carbonyl (C=O) groups excluding carboxylic acids is 1. The molecule has 0 spiro atoms. The summed E-state index contributed by atoms with van der Waals surface area (Å²) in [5.74, 6) is -1.00. The third kappa shape index (κ3) is 6.86. The predicted molar refractivity (Wildman–Crippen MR) is 48.7 cm³/mol. The molecule has 6 nitrogen and oxygen atoms in total. The van der Waals surface area contributed by atoms with Gasteiger partial charge in [0.15, 0.2) is 5.78 Å². The van der Waals surface area contributed by atoms with Crippen molar-refractivity contribution < 1.29 is 30.3 Å². The summed E-state index contributed by atoms with van der Waals surface area (Å²) in [7, 11) is 0. The van der Waals surface area contributed by atoms with Gasteiger partial charge in [-0.15, -0.1) is 0 Å². The first-order valence-electron chi connectivity index (χ1n) is 3.33. The van der Waals surface area contributed by atoms with E-state index in [-0.39, 0.29) is 59.1 Å². The molecule has 0 aliphatic rings. The van der Waals surface area contributed by atoms with Gasteiger partial charge in [-0.05, 0) is 0 Å². The molecule has 0 aromatic carbocycles. The second-order valence-corrected chi connectivity index (χ2v) is 2.31. The fraction of sp³-hybridized carbons (Fsp3) is 0.833. The van der Waals surface area contributed by atoms with Gasteiger partial charge in [-0.2, -0.15) is 0 Å². The Morgan fingerprint density at radius 2 is 1.50 bits per heavy atom. The van der Waals surface area contributed by atoms with Crippen LogP contribution in [-0.2, 0) is 4.79 Å². The van der Waals surface area contributed by atoms with E-state index < -0.39 is 37.3 Å². The zero-order valence-corrected chi connectivity index (χ0v) is 12.3. The maximum absolute atomic E-state index is 10.5. The molecule has 0 saturated carbocycles. The summed E-state index contributed by atoms with van der Waals surface area (Å²) in [6.45, 7) is -1.69. The van der Waals surface area contributed by atoms with Crippen LogP contribution >= 0.6 is 0 Å². The number of aliphatic hydroxyl groups excluding tert-OH is 5. The molecule has 0 unspecified atom stereocenters. The van der Waals surface area contributed by atoms with E-state index in [1.54, 1.807) is 0 Å². The maximum Gasteiger partial charge on any atom is 0.189 e. The quantitative estimate of drug-likeness (QED) is 0.304. The molecule has 74 valence electrons. The molecular weight excluding hydrogens is 214 g/mol. The SMILES string of the molecule is O=C(CO)[C@@H](O)[C@H](O)[C@H](O)CO.[Na].[Na]. The number of aliphatic hydroxyl groups is 5. The fourth-order valence-electron chi connectivity index (χ4n) is 0.602. The van der Waals surface area contributed by atoms with Crippen molar-refractivity contribution >= 4 is 64.9 Å². The summed E-state index contributed by atoms with van der Waals surface area (Å²) < 4.78 is 0. The Balaban J connectivity index is -0.000000605. The maximum atomic E-state index is 10.5. The van der Waals surface area contributed by atoms with E-state index in [1.165, 1.54) is 0 Å². The van der Waals surface area contributed by atoms with Crippen LogP contribution in [0, 0.1) is 0 Å². The minimum atomic E-state index is -1.86. The molecule has 0 saturated heterocycles. The number of hydrogen-bond acceptors (Lipinski definition) is 6. The minimum Gasteiger partial charge on any atom is -0.394 e. The predicted octanol–water partition coefficient (Wildman–Crippen LogP) is -4.14. The average Bonchev–Trinajstić information content (AvgIpc) is 2.12. The van der Waals surface area contributed by atoms with E-state index in [0.717, 1.165) is 0 Å². The molecule has 0 heterocycles. The number of rotatable bonds is 5. The number of ketones is 1. The summed E-state index contributed by atoms with van der Waals surface area (Å²) in [6, 6.07) is 0. The summed E-state index contributed by atoms with van der Waals surface area (Å²) in [5.41, 5.74) is 0. The van der Waals surface area contributed by atoms with E-state index >= 15 is 0 Å². The average molecular weight is 226 g/mol. The van der Waals surface area contributed by atoms with Gasteiger partial charge >= 0.3 is 0 Å². The van der Waals surface area contributed by atoms with Gasteiger partial charge in [0.25, 0.3) is 0 Å². The Hall–Kier alpha value is 1.47. The van der Waals surface area contributed by atoms with Gasteiger partial charge in [0, 0.05) is 59.1 Å². The second-order valence-electron chi connectivity index (χ2n) is 2.31. The van der Waals surface area contributed by atoms with Gasteiger partial charge in [-0.25, -0.2) is 0 Å². The molecule has 0 aliphatic carbocycles. The molecule has 0 aliphatic heterocycles. The van der Waals surface area contributed by atoms with E-state index in [2.05, 4.69) is 0 Å². The molecule has 3 atom stereocenters. The fourth-order valence-corrected chi connectivity index (χ4v) is 0.602. The van der Waals surface area contributed by atoms with Gasteiger partial charge in [-0.1, -0.05) is 0 Å². The molecule has 0 aromatic heterocycles. The number of carbonyl (C=O) groups is 1. The van der Waals surface area contributed by atoms with Crippen molar-refractivity contribution in [3.8, 4) is 0 Å². The molecule has 0 bridgehead atoms. The summed E-state index contributed by atoms with van der Waals surface area (Å²) in [4.78, 5) is 10.5. The van der Waals surface area contributed by atoms with Crippen molar-refractivity contribution in [2.24, 2.45) is 0 Å². The molecule has 0 fully saturated rings. The first kappa shape index (κ1) is 20.8. The molecule has 5 N–H and O–H groups in total. The van der Waals surface area contributed by atoms with Crippen molar-refractivity contribution in [3.63, 3.8) is 0 Å². The largest absolute Gasteiger partial charge is 0.394 e. The van der Waals surface area contributed by atoms with Crippen molar-refractivity contribution in [1.82, 2.24) is 0 Å². The van der Waals surface area contributed by atoms with Crippen molar-refractivity contribution in [3.05, 3.63) is 0 Å². The molecule has 8 heteroatoms. The molecular formula is C6H12Na2O6. The zero-order valence-electron chi connectivity index (χ0n) is 8.29. The van der Waals surface area contributed by atoms with Crippen LogP contribution in [0.15, 0.2) is 0 Å².